The summed E-state index contributed by atoms with van der Waals surface area (Å²) in [6, 6.07) is 14.5. The van der Waals surface area contributed by atoms with Gasteiger partial charge in [-0.1, -0.05) is 15.9 Å². The molecule has 0 radical (unpaired) electrons. The molecule has 2 amide bonds. The molecule has 0 atom stereocenters. The lowest BCUT2D eigenvalue weighted by molar-refractivity contribution is -0.120. The molecule has 3 aromatic rings. The molecule has 11 nitrogen and oxygen atoms in total. The normalized spacial score (nSPS) is 10.5. The van der Waals surface area contributed by atoms with E-state index in [1.165, 1.54) is 46.8 Å². The molecule has 204 valence electrons. The predicted octanol–water partition coefficient (Wildman–Crippen LogP) is 3.58. The molecule has 0 spiro atoms. The van der Waals surface area contributed by atoms with Crippen LogP contribution in [0.15, 0.2) is 64.2 Å². The number of hydrazone groups is 1. The van der Waals surface area contributed by atoms with Crippen molar-refractivity contribution in [2.24, 2.45) is 5.10 Å². The van der Waals surface area contributed by atoms with Crippen molar-refractivity contribution in [3.05, 3.63) is 75.8 Å². The fourth-order valence-corrected chi connectivity index (χ4v) is 3.55. The lowest BCUT2D eigenvalue weighted by atomic mass is 10.1. The van der Waals surface area contributed by atoms with E-state index < -0.39 is 17.8 Å². The Hall–Kier alpha value is -4.58. The summed E-state index contributed by atoms with van der Waals surface area (Å²) in [5, 5.41) is 6.39. The van der Waals surface area contributed by atoms with Crippen molar-refractivity contribution < 1.29 is 38.1 Å². The Balaban J connectivity index is 1.56. The van der Waals surface area contributed by atoms with Crippen LogP contribution < -0.4 is 34.4 Å². The van der Waals surface area contributed by atoms with Gasteiger partial charge in [0.25, 0.3) is 11.8 Å². The molecular formula is C27H26BrN3O8. The number of carbonyl (C=O) groups excluding carboxylic acids is 3. The molecular weight excluding hydrogens is 574 g/mol. The van der Waals surface area contributed by atoms with Crippen LogP contribution in [-0.4, -0.2) is 59.0 Å². The van der Waals surface area contributed by atoms with Crippen LogP contribution in [0.1, 0.15) is 26.3 Å². The lowest BCUT2D eigenvalue weighted by Gasteiger charge is -2.14. The van der Waals surface area contributed by atoms with E-state index in [0.29, 0.717) is 34.1 Å². The maximum absolute atomic E-state index is 12.5. The third kappa shape index (κ3) is 7.71. The molecule has 0 aliphatic carbocycles. The molecule has 39 heavy (non-hydrogen) atoms. The maximum Gasteiger partial charge on any atom is 0.343 e. The summed E-state index contributed by atoms with van der Waals surface area (Å²) in [6.45, 7) is -0.332. The predicted molar refractivity (Wildman–Crippen MR) is 146 cm³/mol. The largest absolute Gasteiger partial charge is 0.493 e. The van der Waals surface area contributed by atoms with Gasteiger partial charge in [-0.2, -0.15) is 5.10 Å². The van der Waals surface area contributed by atoms with E-state index in [9.17, 15) is 14.4 Å². The molecule has 0 aliphatic heterocycles. The molecule has 3 rings (SSSR count). The maximum atomic E-state index is 12.5. The van der Waals surface area contributed by atoms with Gasteiger partial charge in [-0.3, -0.25) is 9.59 Å². The first kappa shape index (κ1) is 29.0. The van der Waals surface area contributed by atoms with Gasteiger partial charge in [-0.15, -0.1) is 0 Å². The number of rotatable bonds is 11. The van der Waals surface area contributed by atoms with Gasteiger partial charge in [0.2, 0.25) is 5.75 Å². The van der Waals surface area contributed by atoms with Crippen LogP contribution in [0.5, 0.6) is 28.7 Å². The monoisotopic (exact) mass is 599 g/mol. The lowest BCUT2D eigenvalue weighted by Crippen LogP contribution is -2.34. The highest BCUT2D eigenvalue weighted by atomic mass is 79.9. The van der Waals surface area contributed by atoms with Crippen LogP contribution in [-0.2, 0) is 4.79 Å². The zero-order chi connectivity index (χ0) is 28.4. The second kappa shape index (κ2) is 13.8. The minimum Gasteiger partial charge on any atom is -0.493 e. The molecule has 2 N–H and O–H groups in total. The van der Waals surface area contributed by atoms with Gasteiger partial charge in [0.1, 0.15) is 0 Å². The van der Waals surface area contributed by atoms with E-state index in [2.05, 4.69) is 31.8 Å². The van der Waals surface area contributed by atoms with E-state index in [0.717, 1.165) is 4.47 Å². The number of hydrogen-bond donors (Lipinski definition) is 2. The zero-order valence-corrected chi connectivity index (χ0v) is 23.2. The molecule has 0 saturated heterocycles. The number of nitrogens with zero attached hydrogens (tertiary/aromatic N) is 1. The molecule has 0 aromatic heterocycles. The summed E-state index contributed by atoms with van der Waals surface area (Å²) >= 11 is 3.32. The first-order valence-electron chi connectivity index (χ1n) is 11.4. The highest BCUT2D eigenvalue weighted by Crippen LogP contribution is 2.38. The first-order chi connectivity index (χ1) is 18.8. The molecule has 0 fully saturated rings. The second-order valence-electron chi connectivity index (χ2n) is 7.70. The molecule has 3 aromatic carbocycles. The number of ether oxygens (including phenoxy) is 5. The minimum atomic E-state index is -0.556. The van der Waals surface area contributed by atoms with Crippen molar-refractivity contribution in [1.29, 1.82) is 0 Å². The van der Waals surface area contributed by atoms with Crippen LogP contribution in [0.25, 0.3) is 0 Å². The highest BCUT2D eigenvalue weighted by molar-refractivity contribution is 9.10. The van der Waals surface area contributed by atoms with E-state index in [4.69, 9.17) is 23.7 Å². The van der Waals surface area contributed by atoms with Crippen LogP contribution in [0.4, 0.5) is 0 Å². The van der Waals surface area contributed by atoms with Gasteiger partial charge in [0, 0.05) is 10.0 Å². The summed E-state index contributed by atoms with van der Waals surface area (Å²) in [4.78, 5) is 37.1. The van der Waals surface area contributed by atoms with Crippen molar-refractivity contribution in [3.8, 4) is 28.7 Å². The Labute approximate surface area is 233 Å². The van der Waals surface area contributed by atoms with Crippen molar-refractivity contribution in [2.75, 3.05) is 35.0 Å². The number of carbonyl (C=O) groups is 3. The smallest absolute Gasteiger partial charge is 0.343 e. The number of amides is 2. The Kier molecular flexibility index (Phi) is 10.3. The van der Waals surface area contributed by atoms with Crippen LogP contribution in [0.2, 0.25) is 0 Å². The summed E-state index contributed by atoms with van der Waals surface area (Å²) in [5.41, 5.74) is 3.49. The highest BCUT2D eigenvalue weighted by Gasteiger charge is 2.17. The Bertz CT molecular complexity index is 1350. The number of halogens is 1. The fourth-order valence-electron chi connectivity index (χ4n) is 3.29. The van der Waals surface area contributed by atoms with Gasteiger partial charge in [0.15, 0.2) is 23.0 Å². The van der Waals surface area contributed by atoms with Crippen LogP contribution in [0.3, 0.4) is 0 Å². The van der Waals surface area contributed by atoms with E-state index >= 15 is 0 Å². The Morgan fingerprint density at radius 2 is 1.44 bits per heavy atom. The van der Waals surface area contributed by atoms with Gasteiger partial charge in [-0.05, 0) is 60.2 Å². The molecule has 0 heterocycles. The number of nitrogens with one attached hydrogen (secondary N) is 2. The molecule has 12 heteroatoms. The number of methoxy groups -OCH3 is 4. The second-order valence-corrected chi connectivity index (χ2v) is 8.61. The first-order valence-corrected chi connectivity index (χ1v) is 12.1. The van der Waals surface area contributed by atoms with Gasteiger partial charge >= 0.3 is 5.97 Å². The molecule has 0 bridgehead atoms. The average Bonchev–Trinajstić information content (AvgIpc) is 2.95. The van der Waals surface area contributed by atoms with Crippen molar-refractivity contribution in [3.63, 3.8) is 0 Å². The third-order valence-electron chi connectivity index (χ3n) is 5.21. The Morgan fingerprint density at radius 3 is 2.03 bits per heavy atom. The van der Waals surface area contributed by atoms with Crippen molar-refractivity contribution in [2.45, 2.75) is 0 Å². The van der Waals surface area contributed by atoms with E-state index in [1.807, 2.05) is 0 Å². The van der Waals surface area contributed by atoms with Crippen LogP contribution >= 0.6 is 15.9 Å². The topological polar surface area (TPSA) is 134 Å². The number of hydrogen-bond acceptors (Lipinski definition) is 9. The van der Waals surface area contributed by atoms with E-state index in [1.54, 1.807) is 42.5 Å². The van der Waals surface area contributed by atoms with Crippen LogP contribution in [0, 0.1) is 0 Å². The molecule has 0 unspecified atom stereocenters. The van der Waals surface area contributed by atoms with Crippen molar-refractivity contribution >= 4 is 39.9 Å². The SMILES string of the molecule is COc1cc(/C=N\NC(=O)CNC(=O)c2cc(OC)c(OC)c(OC)c2)ccc1OC(=O)c1ccc(Br)cc1. The standard InChI is InChI=1S/C27H26BrN3O8/c1-35-21-11-16(5-10-20(21)39-27(34)17-6-8-19(28)9-7-17)14-30-31-24(32)15-29-26(33)18-12-22(36-2)25(38-4)23(13-18)37-3/h5-14H,15H2,1-4H3,(H,29,33)(H,31,32)/b30-14-. The summed E-state index contributed by atoms with van der Waals surface area (Å²) < 4.78 is 27.3. The Morgan fingerprint density at radius 1 is 0.795 bits per heavy atom. The third-order valence-corrected chi connectivity index (χ3v) is 5.74. The fraction of sp³-hybridized carbons (Fsp3) is 0.185. The van der Waals surface area contributed by atoms with Gasteiger partial charge in [-0.25, -0.2) is 10.2 Å². The van der Waals surface area contributed by atoms with Crippen molar-refractivity contribution in [1.82, 2.24) is 10.7 Å². The van der Waals surface area contributed by atoms with E-state index in [-0.39, 0.29) is 17.9 Å². The zero-order valence-electron chi connectivity index (χ0n) is 21.6. The summed E-state index contributed by atoms with van der Waals surface area (Å²) in [7, 11) is 5.76. The number of benzene rings is 3. The van der Waals surface area contributed by atoms with Gasteiger partial charge in [0.05, 0.1) is 46.8 Å². The van der Waals surface area contributed by atoms with Gasteiger partial charge < -0.3 is 29.0 Å². The summed E-state index contributed by atoms with van der Waals surface area (Å²) in [5.74, 6) is -0.139. The quantitative estimate of drug-likeness (QED) is 0.148. The average molecular weight is 600 g/mol. The molecule has 0 aliphatic rings. The molecule has 0 saturated carbocycles. The number of esters is 1. The minimum absolute atomic E-state index is 0.217. The summed E-state index contributed by atoms with van der Waals surface area (Å²) in [6.07, 6.45) is 1.38.